The van der Waals surface area contributed by atoms with Crippen molar-refractivity contribution in [2.24, 2.45) is 35.0 Å². The Morgan fingerprint density at radius 1 is 1.05 bits per heavy atom. The number of hydrogen-bond acceptors (Lipinski definition) is 1. The van der Waals surface area contributed by atoms with E-state index in [1.54, 1.807) is 11.1 Å². The van der Waals surface area contributed by atoms with E-state index in [4.69, 9.17) is 0 Å². The average Bonchev–Trinajstić information content (AvgIpc) is 2.43. The van der Waals surface area contributed by atoms with E-state index < -0.39 is 0 Å². The van der Waals surface area contributed by atoms with Crippen LogP contribution in [-0.2, 0) is 0 Å². The van der Waals surface area contributed by atoms with Crippen LogP contribution in [0.15, 0.2) is 11.1 Å². The molecular formula is C20H34O. The van der Waals surface area contributed by atoms with Crippen LogP contribution in [0.3, 0.4) is 0 Å². The second-order valence-electron chi connectivity index (χ2n) is 8.87. The smallest absolute Gasteiger partial charge is 0.0596 e. The summed E-state index contributed by atoms with van der Waals surface area (Å²) in [5, 5.41) is 10.7. The maximum absolute atomic E-state index is 10.7. The minimum Gasteiger partial charge on any atom is -0.393 e. The van der Waals surface area contributed by atoms with Crippen LogP contribution in [-0.4, -0.2) is 11.2 Å². The molecule has 3 rings (SSSR count). The first-order valence-electron chi connectivity index (χ1n) is 9.20. The minimum absolute atomic E-state index is 0.0738. The van der Waals surface area contributed by atoms with Gasteiger partial charge in [0.15, 0.2) is 0 Å². The summed E-state index contributed by atoms with van der Waals surface area (Å²) in [7, 11) is 0. The fourth-order valence-corrected chi connectivity index (χ4v) is 6.28. The summed E-state index contributed by atoms with van der Waals surface area (Å²) in [5.41, 5.74) is 3.49. The second-order valence-corrected chi connectivity index (χ2v) is 8.87. The molecule has 0 spiro atoms. The van der Waals surface area contributed by atoms with Crippen molar-refractivity contribution in [3.05, 3.63) is 11.1 Å². The molecule has 3 aliphatic carbocycles. The molecule has 1 unspecified atom stereocenters. The summed E-state index contributed by atoms with van der Waals surface area (Å²) in [6.45, 7) is 12.0. The lowest BCUT2D eigenvalue weighted by atomic mass is 9.46. The Hall–Kier alpha value is -0.300. The van der Waals surface area contributed by atoms with Gasteiger partial charge >= 0.3 is 0 Å². The molecule has 3 fully saturated rings. The lowest BCUT2D eigenvalue weighted by molar-refractivity contribution is -0.131. The topological polar surface area (TPSA) is 20.2 Å². The molecule has 0 amide bonds. The number of aliphatic hydroxyl groups excluding tert-OH is 1. The third-order valence-corrected chi connectivity index (χ3v) is 7.54. The highest BCUT2D eigenvalue weighted by Gasteiger charge is 2.56. The summed E-state index contributed by atoms with van der Waals surface area (Å²) in [6, 6.07) is 0. The third kappa shape index (κ3) is 2.31. The number of allylic oxidation sites excluding steroid dienone is 2. The zero-order chi connectivity index (χ0) is 15.4. The number of fused-ring (bicyclic) bond motifs is 3. The van der Waals surface area contributed by atoms with Gasteiger partial charge in [0.2, 0.25) is 0 Å². The predicted molar refractivity (Wildman–Crippen MR) is 89.0 cm³/mol. The van der Waals surface area contributed by atoms with Crippen LogP contribution in [0.1, 0.15) is 73.1 Å². The molecular weight excluding hydrogens is 256 g/mol. The van der Waals surface area contributed by atoms with Crippen molar-refractivity contribution in [2.75, 3.05) is 0 Å². The van der Waals surface area contributed by atoms with E-state index in [-0.39, 0.29) is 11.5 Å². The Morgan fingerprint density at radius 2 is 1.76 bits per heavy atom. The summed E-state index contributed by atoms with van der Waals surface area (Å²) >= 11 is 0. The predicted octanol–water partition coefficient (Wildman–Crippen LogP) is 5.19. The van der Waals surface area contributed by atoms with Crippen molar-refractivity contribution in [1.82, 2.24) is 0 Å². The number of rotatable bonds is 0. The van der Waals surface area contributed by atoms with Gasteiger partial charge in [0.25, 0.3) is 0 Å². The van der Waals surface area contributed by atoms with Gasteiger partial charge in [-0.3, -0.25) is 0 Å². The standard InChI is InChI=1S/C20H34O/c1-12(2)15-8-6-13(3)16-10-11-20(5)17(21)9-7-14(4)19(20)18(15)16/h13-14,16-19,21H,6-11H2,1-5H3/t13?,14-,16-,17-,18+,19-,20+/m1/s1. The Bertz CT molecular complexity index is 433. The lowest BCUT2D eigenvalue weighted by Gasteiger charge is -2.60. The van der Waals surface area contributed by atoms with Gasteiger partial charge in [-0.2, -0.15) is 0 Å². The van der Waals surface area contributed by atoms with Crippen LogP contribution in [0.4, 0.5) is 0 Å². The summed E-state index contributed by atoms with van der Waals surface area (Å²) < 4.78 is 0. The Kier molecular flexibility index (Phi) is 4.01. The van der Waals surface area contributed by atoms with Gasteiger partial charge in [0.05, 0.1) is 6.10 Å². The highest BCUT2D eigenvalue weighted by Crippen LogP contribution is 2.61. The van der Waals surface area contributed by atoms with E-state index in [2.05, 4.69) is 34.6 Å². The Morgan fingerprint density at radius 3 is 2.43 bits per heavy atom. The quantitative estimate of drug-likeness (QED) is 0.608. The fourth-order valence-electron chi connectivity index (χ4n) is 6.28. The van der Waals surface area contributed by atoms with Gasteiger partial charge in [-0.15, -0.1) is 0 Å². The zero-order valence-corrected chi connectivity index (χ0v) is 14.7. The largest absolute Gasteiger partial charge is 0.393 e. The first kappa shape index (κ1) is 15.6. The third-order valence-electron chi connectivity index (χ3n) is 7.54. The molecule has 0 aromatic carbocycles. The fraction of sp³-hybridized carbons (Fsp3) is 0.900. The van der Waals surface area contributed by atoms with Crippen LogP contribution in [0.2, 0.25) is 0 Å². The van der Waals surface area contributed by atoms with Crippen LogP contribution in [0.25, 0.3) is 0 Å². The molecule has 0 radical (unpaired) electrons. The molecule has 3 saturated carbocycles. The molecule has 1 nitrogen and oxygen atoms in total. The van der Waals surface area contributed by atoms with Crippen LogP contribution in [0, 0.1) is 35.0 Å². The van der Waals surface area contributed by atoms with Gasteiger partial charge in [-0.25, -0.2) is 0 Å². The molecule has 0 aromatic rings. The Balaban J connectivity index is 2.05. The van der Waals surface area contributed by atoms with Crippen molar-refractivity contribution in [3.63, 3.8) is 0 Å². The summed E-state index contributed by atoms with van der Waals surface area (Å²) in [6.07, 6.45) is 7.42. The van der Waals surface area contributed by atoms with Crippen molar-refractivity contribution < 1.29 is 5.11 Å². The van der Waals surface area contributed by atoms with Crippen LogP contribution < -0.4 is 0 Å². The molecule has 1 heteroatoms. The maximum Gasteiger partial charge on any atom is 0.0596 e. The van der Waals surface area contributed by atoms with Gasteiger partial charge in [-0.1, -0.05) is 31.9 Å². The van der Waals surface area contributed by atoms with E-state index in [0.717, 1.165) is 30.1 Å². The SMILES string of the molecule is CC(C)=C1CCC(C)[C@H]2CC[C@]3(C)[C@@H]([C@@H]12)[C@H](C)CC[C@H]3O. The molecule has 0 aliphatic heterocycles. The molecule has 3 aliphatic rings. The first-order chi connectivity index (χ1) is 9.86. The minimum atomic E-state index is -0.0738. The summed E-state index contributed by atoms with van der Waals surface area (Å²) in [5.74, 6) is 3.96. The van der Waals surface area contributed by atoms with E-state index >= 15 is 0 Å². The molecule has 7 atom stereocenters. The van der Waals surface area contributed by atoms with E-state index in [1.807, 2.05) is 0 Å². The van der Waals surface area contributed by atoms with Crippen molar-refractivity contribution in [3.8, 4) is 0 Å². The van der Waals surface area contributed by atoms with Gasteiger partial charge in [-0.05, 0) is 87.4 Å². The summed E-state index contributed by atoms with van der Waals surface area (Å²) in [4.78, 5) is 0. The molecule has 120 valence electrons. The highest BCUT2D eigenvalue weighted by molar-refractivity contribution is 5.22. The zero-order valence-electron chi connectivity index (χ0n) is 14.7. The Labute approximate surface area is 131 Å². The van der Waals surface area contributed by atoms with E-state index in [9.17, 15) is 5.11 Å². The van der Waals surface area contributed by atoms with E-state index in [1.165, 1.54) is 32.1 Å². The van der Waals surface area contributed by atoms with Crippen molar-refractivity contribution in [1.29, 1.82) is 0 Å². The lowest BCUT2D eigenvalue weighted by Crippen LogP contribution is -2.55. The molecule has 0 aromatic heterocycles. The van der Waals surface area contributed by atoms with Crippen molar-refractivity contribution in [2.45, 2.75) is 79.2 Å². The van der Waals surface area contributed by atoms with Crippen molar-refractivity contribution >= 4 is 0 Å². The first-order valence-corrected chi connectivity index (χ1v) is 9.20. The normalized spacial score (nSPS) is 50.3. The average molecular weight is 290 g/mol. The monoisotopic (exact) mass is 290 g/mol. The molecule has 21 heavy (non-hydrogen) atoms. The molecule has 0 saturated heterocycles. The van der Waals surface area contributed by atoms with Crippen LogP contribution in [0.5, 0.6) is 0 Å². The van der Waals surface area contributed by atoms with Gasteiger partial charge < -0.3 is 5.11 Å². The van der Waals surface area contributed by atoms with E-state index in [0.29, 0.717) is 5.92 Å². The van der Waals surface area contributed by atoms with Gasteiger partial charge in [0.1, 0.15) is 0 Å². The number of hydrogen-bond donors (Lipinski definition) is 1. The molecule has 0 heterocycles. The van der Waals surface area contributed by atoms with Gasteiger partial charge in [0, 0.05) is 0 Å². The second kappa shape index (κ2) is 5.41. The number of aliphatic hydroxyl groups is 1. The molecule has 1 N–H and O–H groups in total. The maximum atomic E-state index is 10.7. The molecule has 0 bridgehead atoms. The van der Waals surface area contributed by atoms with Crippen LogP contribution >= 0.6 is 0 Å². The highest BCUT2D eigenvalue weighted by atomic mass is 16.3.